The molecule has 1 unspecified atom stereocenters. The molecule has 0 aliphatic carbocycles. The van der Waals surface area contributed by atoms with Gasteiger partial charge >= 0.3 is 0 Å². The Morgan fingerprint density at radius 2 is 2.22 bits per heavy atom. The van der Waals surface area contributed by atoms with Gasteiger partial charge in [-0.05, 0) is 32.2 Å². The van der Waals surface area contributed by atoms with Gasteiger partial charge in [0.05, 0.1) is 6.61 Å². The van der Waals surface area contributed by atoms with E-state index >= 15 is 0 Å². The van der Waals surface area contributed by atoms with Gasteiger partial charge in [0.15, 0.2) is 0 Å². The molecule has 2 nitrogen and oxygen atoms in total. The van der Waals surface area contributed by atoms with Crippen LogP contribution in [-0.2, 0) is 0 Å². The average Bonchev–Trinajstić information content (AvgIpc) is 2.36. The standard InChI is InChI=1S/C14H22FNOS/c1-4-7-16-11(2)13-6-5-12(10-14(13)15)17-8-9-18-3/h5-6,10-11,16H,4,7-9H2,1-3H3. The third kappa shape index (κ3) is 4.86. The minimum absolute atomic E-state index is 0.0326. The summed E-state index contributed by atoms with van der Waals surface area (Å²) in [5.74, 6) is 1.32. The first kappa shape index (κ1) is 15.3. The van der Waals surface area contributed by atoms with E-state index in [-0.39, 0.29) is 11.9 Å². The number of hydrogen-bond acceptors (Lipinski definition) is 3. The second kappa shape index (κ2) is 8.38. The minimum atomic E-state index is -0.201. The van der Waals surface area contributed by atoms with E-state index in [1.807, 2.05) is 19.2 Å². The molecule has 1 rings (SSSR count). The first-order chi connectivity index (χ1) is 8.69. The van der Waals surface area contributed by atoms with Crippen molar-refractivity contribution in [2.45, 2.75) is 26.3 Å². The number of thioether (sulfide) groups is 1. The molecule has 0 bridgehead atoms. The monoisotopic (exact) mass is 271 g/mol. The third-order valence-corrected chi connectivity index (χ3v) is 3.27. The zero-order valence-electron chi connectivity index (χ0n) is 11.3. The maximum Gasteiger partial charge on any atom is 0.131 e. The fourth-order valence-electron chi connectivity index (χ4n) is 1.66. The normalized spacial score (nSPS) is 12.4. The molecule has 1 aromatic rings. The van der Waals surface area contributed by atoms with Crippen molar-refractivity contribution in [2.75, 3.05) is 25.2 Å². The summed E-state index contributed by atoms with van der Waals surface area (Å²) in [7, 11) is 0. The highest BCUT2D eigenvalue weighted by Crippen LogP contribution is 2.22. The summed E-state index contributed by atoms with van der Waals surface area (Å²) >= 11 is 1.71. The SMILES string of the molecule is CCCNC(C)c1ccc(OCCSC)cc1F. The van der Waals surface area contributed by atoms with Crippen molar-refractivity contribution >= 4 is 11.8 Å². The van der Waals surface area contributed by atoms with Crippen molar-refractivity contribution in [1.82, 2.24) is 5.32 Å². The molecule has 0 aliphatic rings. The summed E-state index contributed by atoms with van der Waals surface area (Å²) < 4.78 is 19.4. The molecule has 0 saturated carbocycles. The summed E-state index contributed by atoms with van der Waals surface area (Å²) in [6.07, 6.45) is 3.07. The van der Waals surface area contributed by atoms with Crippen molar-refractivity contribution in [2.24, 2.45) is 0 Å². The van der Waals surface area contributed by atoms with E-state index in [1.165, 1.54) is 6.07 Å². The largest absolute Gasteiger partial charge is 0.493 e. The highest BCUT2D eigenvalue weighted by Gasteiger charge is 2.10. The van der Waals surface area contributed by atoms with Crippen LogP contribution in [0.15, 0.2) is 18.2 Å². The van der Waals surface area contributed by atoms with Crippen LogP contribution in [0.4, 0.5) is 4.39 Å². The van der Waals surface area contributed by atoms with E-state index in [0.717, 1.165) is 18.7 Å². The minimum Gasteiger partial charge on any atom is -0.493 e. The van der Waals surface area contributed by atoms with Gasteiger partial charge in [-0.2, -0.15) is 11.8 Å². The summed E-state index contributed by atoms with van der Waals surface area (Å²) in [6.45, 7) is 5.58. The molecule has 0 spiro atoms. The van der Waals surface area contributed by atoms with Gasteiger partial charge in [-0.3, -0.25) is 0 Å². The quantitative estimate of drug-likeness (QED) is 0.730. The van der Waals surface area contributed by atoms with Gasteiger partial charge in [0.25, 0.3) is 0 Å². The van der Waals surface area contributed by atoms with Crippen molar-refractivity contribution in [3.8, 4) is 5.75 Å². The molecule has 0 aromatic heterocycles. The lowest BCUT2D eigenvalue weighted by Crippen LogP contribution is -2.20. The molecule has 0 amide bonds. The molecule has 0 fully saturated rings. The Hall–Kier alpha value is -0.740. The summed E-state index contributed by atoms with van der Waals surface area (Å²) in [5.41, 5.74) is 0.695. The molecule has 0 heterocycles. The smallest absolute Gasteiger partial charge is 0.131 e. The zero-order chi connectivity index (χ0) is 13.4. The van der Waals surface area contributed by atoms with Gasteiger partial charge in [0.1, 0.15) is 11.6 Å². The second-order valence-corrected chi connectivity index (χ2v) is 5.19. The number of rotatable bonds is 8. The van der Waals surface area contributed by atoms with Gasteiger partial charge < -0.3 is 10.1 Å². The van der Waals surface area contributed by atoms with Crippen LogP contribution in [0.2, 0.25) is 0 Å². The highest BCUT2D eigenvalue weighted by molar-refractivity contribution is 7.98. The van der Waals surface area contributed by atoms with Gasteiger partial charge in [-0.25, -0.2) is 4.39 Å². The van der Waals surface area contributed by atoms with Gasteiger partial charge in [0, 0.05) is 23.4 Å². The Morgan fingerprint density at radius 3 is 2.83 bits per heavy atom. The number of halogens is 1. The molecule has 0 aliphatic heterocycles. The van der Waals surface area contributed by atoms with Crippen molar-refractivity contribution in [1.29, 1.82) is 0 Å². The van der Waals surface area contributed by atoms with Crippen LogP contribution < -0.4 is 10.1 Å². The van der Waals surface area contributed by atoms with Gasteiger partial charge in [-0.15, -0.1) is 0 Å². The third-order valence-electron chi connectivity index (χ3n) is 2.70. The lowest BCUT2D eigenvalue weighted by atomic mass is 10.1. The first-order valence-electron chi connectivity index (χ1n) is 6.33. The molecule has 1 aromatic carbocycles. The molecular formula is C14H22FNOS. The van der Waals surface area contributed by atoms with E-state index < -0.39 is 0 Å². The molecule has 1 N–H and O–H groups in total. The summed E-state index contributed by atoms with van der Waals surface area (Å²) in [5, 5.41) is 3.28. The number of benzene rings is 1. The summed E-state index contributed by atoms with van der Waals surface area (Å²) in [6, 6.07) is 5.14. The Kier molecular flexibility index (Phi) is 7.13. The lowest BCUT2D eigenvalue weighted by Gasteiger charge is -2.15. The van der Waals surface area contributed by atoms with Crippen LogP contribution in [0.5, 0.6) is 5.75 Å². The predicted octanol–water partition coefficient (Wildman–Crippen LogP) is 3.63. The lowest BCUT2D eigenvalue weighted by molar-refractivity contribution is 0.341. The topological polar surface area (TPSA) is 21.3 Å². The second-order valence-electron chi connectivity index (χ2n) is 4.20. The predicted molar refractivity (Wildman–Crippen MR) is 77.0 cm³/mol. The maximum absolute atomic E-state index is 13.9. The van der Waals surface area contributed by atoms with E-state index in [2.05, 4.69) is 12.2 Å². The van der Waals surface area contributed by atoms with Crippen molar-refractivity contribution < 1.29 is 9.13 Å². The van der Waals surface area contributed by atoms with Crippen LogP contribution in [0.3, 0.4) is 0 Å². The van der Waals surface area contributed by atoms with Crippen LogP contribution in [0, 0.1) is 5.82 Å². The number of hydrogen-bond donors (Lipinski definition) is 1. The summed E-state index contributed by atoms with van der Waals surface area (Å²) in [4.78, 5) is 0. The molecule has 0 saturated heterocycles. The first-order valence-corrected chi connectivity index (χ1v) is 7.73. The fraction of sp³-hybridized carbons (Fsp3) is 0.571. The molecule has 0 radical (unpaired) electrons. The fourth-order valence-corrected chi connectivity index (χ4v) is 1.91. The molecule has 1 atom stereocenters. The Labute approximate surface area is 113 Å². The Morgan fingerprint density at radius 1 is 1.44 bits per heavy atom. The van der Waals surface area contributed by atoms with Crippen LogP contribution in [0.25, 0.3) is 0 Å². The van der Waals surface area contributed by atoms with Crippen molar-refractivity contribution in [3.05, 3.63) is 29.6 Å². The van der Waals surface area contributed by atoms with Gasteiger partial charge in [0.2, 0.25) is 0 Å². The van der Waals surface area contributed by atoms with Gasteiger partial charge in [-0.1, -0.05) is 13.0 Å². The highest BCUT2D eigenvalue weighted by atomic mass is 32.2. The molecule has 102 valence electrons. The van der Waals surface area contributed by atoms with E-state index in [4.69, 9.17) is 4.74 Å². The molecule has 18 heavy (non-hydrogen) atoms. The molecular weight excluding hydrogens is 249 g/mol. The number of ether oxygens (including phenoxy) is 1. The van der Waals surface area contributed by atoms with Crippen molar-refractivity contribution in [3.63, 3.8) is 0 Å². The van der Waals surface area contributed by atoms with Crippen LogP contribution in [0.1, 0.15) is 31.9 Å². The number of nitrogens with one attached hydrogen (secondary N) is 1. The maximum atomic E-state index is 13.9. The Bertz CT molecular complexity index is 360. The zero-order valence-corrected chi connectivity index (χ0v) is 12.1. The van der Waals surface area contributed by atoms with Crippen LogP contribution in [-0.4, -0.2) is 25.2 Å². The van der Waals surface area contributed by atoms with E-state index in [9.17, 15) is 4.39 Å². The van der Waals surface area contributed by atoms with E-state index in [1.54, 1.807) is 17.8 Å². The molecule has 4 heteroatoms. The van der Waals surface area contributed by atoms with E-state index in [0.29, 0.717) is 17.9 Å². The van der Waals surface area contributed by atoms with Crippen LogP contribution >= 0.6 is 11.8 Å². The Balaban J connectivity index is 2.61. The average molecular weight is 271 g/mol.